The lowest BCUT2D eigenvalue weighted by Gasteiger charge is -2.10. The largest absolute Gasteiger partial charge is 0.434 e. The highest BCUT2D eigenvalue weighted by molar-refractivity contribution is 6.17. The zero-order chi connectivity index (χ0) is 14.1. The number of ether oxygens (including phenoxy) is 2. The zero-order valence-corrected chi connectivity index (χ0v) is 10.8. The second kappa shape index (κ2) is 8.66. The molecule has 0 radical (unpaired) electrons. The Morgan fingerprint density at radius 2 is 2.05 bits per heavy atom. The van der Waals surface area contributed by atoms with Crippen molar-refractivity contribution < 1.29 is 23.0 Å². The molecule has 0 bridgehead atoms. The second-order valence-corrected chi connectivity index (χ2v) is 3.81. The zero-order valence-electron chi connectivity index (χ0n) is 10.1. The maximum Gasteiger partial charge on any atom is 0.387 e. The summed E-state index contributed by atoms with van der Waals surface area (Å²) in [5, 5.41) is 2.54. The van der Waals surface area contributed by atoms with E-state index in [-0.39, 0.29) is 17.9 Å². The van der Waals surface area contributed by atoms with Crippen LogP contribution in [0.4, 0.5) is 8.78 Å². The number of hydrogen-bond donors (Lipinski definition) is 1. The molecule has 4 nitrogen and oxygen atoms in total. The van der Waals surface area contributed by atoms with Gasteiger partial charge in [0.25, 0.3) is 5.91 Å². The Hall–Kier alpha value is -1.40. The monoisotopic (exact) mass is 293 g/mol. The summed E-state index contributed by atoms with van der Waals surface area (Å²) in [5.41, 5.74) is 0.0557. The Bertz CT molecular complexity index is 404. The van der Waals surface area contributed by atoms with E-state index in [0.717, 1.165) is 0 Å². The molecule has 0 aliphatic rings. The van der Waals surface area contributed by atoms with Gasteiger partial charge in [0, 0.05) is 12.4 Å². The van der Waals surface area contributed by atoms with Gasteiger partial charge in [0.15, 0.2) is 0 Å². The summed E-state index contributed by atoms with van der Waals surface area (Å²) in [6.07, 6.45) is 0. The predicted octanol–water partition coefficient (Wildman–Crippen LogP) is 2.27. The highest BCUT2D eigenvalue weighted by Gasteiger charge is 2.14. The first-order chi connectivity index (χ1) is 9.15. The molecule has 7 heteroatoms. The molecule has 0 aliphatic heterocycles. The van der Waals surface area contributed by atoms with Gasteiger partial charge in [-0.2, -0.15) is 8.78 Å². The molecule has 0 unspecified atom stereocenters. The highest BCUT2D eigenvalue weighted by atomic mass is 35.5. The molecule has 0 fully saturated rings. The third kappa shape index (κ3) is 5.85. The molecule has 106 valence electrons. The quantitative estimate of drug-likeness (QED) is 0.591. The van der Waals surface area contributed by atoms with Crippen molar-refractivity contribution in [3.8, 4) is 5.75 Å². The van der Waals surface area contributed by atoms with Crippen molar-refractivity contribution in [1.29, 1.82) is 0 Å². The van der Waals surface area contributed by atoms with E-state index in [2.05, 4.69) is 10.1 Å². The van der Waals surface area contributed by atoms with Crippen molar-refractivity contribution in [3.05, 3.63) is 29.8 Å². The number of carbonyl (C=O) groups is 1. The van der Waals surface area contributed by atoms with E-state index in [0.29, 0.717) is 19.1 Å². The van der Waals surface area contributed by atoms with Crippen LogP contribution in [0, 0.1) is 0 Å². The van der Waals surface area contributed by atoms with Crippen LogP contribution >= 0.6 is 11.6 Å². The van der Waals surface area contributed by atoms with Crippen LogP contribution in [0.25, 0.3) is 0 Å². The van der Waals surface area contributed by atoms with Crippen LogP contribution in [0.2, 0.25) is 0 Å². The number of para-hydroxylation sites is 1. The van der Waals surface area contributed by atoms with Crippen LogP contribution in [-0.2, 0) is 4.74 Å². The first-order valence-corrected chi connectivity index (χ1v) is 6.14. The predicted molar refractivity (Wildman–Crippen MR) is 66.9 cm³/mol. The van der Waals surface area contributed by atoms with Gasteiger partial charge in [-0.1, -0.05) is 12.1 Å². The van der Waals surface area contributed by atoms with Crippen molar-refractivity contribution in [3.63, 3.8) is 0 Å². The minimum absolute atomic E-state index is 0.0557. The van der Waals surface area contributed by atoms with Gasteiger partial charge >= 0.3 is 6.61 Å². The van der Waals surface area contributed by atoms with Crippen molar-refractivity contribution in [2.75, 3.05) is 25.6 Å². The number of alkyl halides is 3. The summed E-state index contributed by atoms with van der Waals surface area (Å²) < 4.78 is 33.7. The first kappa shape index (κ1) is 15.7. The summed E-state index contributed by atoms with van der Waals surface area (Å²) >= 11 is 5.41. The molecular formula is C12H14ClF2NO3. The first-order valence-electron chi connectivity index (χ1n) is 5.61. The van der Waals surface area contributed by atoms with E-state index in [1.54, 1.807) is 6.07 Å². The maximum absolute atomic E-state index is 12.2. The number of rotatable bonds is 8. The van der Waals surface area contributed by atoms with Crippen molar-refractivity contribution in [1.82, 2.24) is 5.32 Å². The molecule has 1 rings (SSSR count). The summed E-state index contributed by atoms with van der Waals surface area (Å²) in [6.45, 7) is -2.02. The van der Waals surface area contributed by atoms with Gasteiger partial charge in [0.05, 0.1) is 18.8 Å². The Balaban J connectivity index is 2.51. The van der Waals surface area contributed by atoms with Gasteiger partial charge in [-0.25, -0.2) is 0 Å². The van der Waals surface area contributed by atoms with Gasteiger partial charge in [-0.15, -0.1) is 11.6 Å². The second-order valence-electron chi connectivity index (χ2n) is 3.43. The van der Waals surface area contributed by atoms with E-state index in [4.69, 9.17) is 16.3 Å². The maximum atomic E-state index is 12.2. The Morgan fingerprint density at radius 1 is 1.32 bits per heavy atom. The molecule has 1 aromatic carbocycles. The summed E-state index contributed by atoms with van der Waals surface area (Å²) in [7, 11) is 0. The Morgan fingerprint density at radius 3 is 2.74 bits per heavy atom. The average Bonchev–Trinajstić information content (AvgIpc) is 2.38. The Kier molecular flexibility index (Phi) is 7.14. The summed E-state index contributed by atoms with van der Waals surface area (Å²) in [6, 6.07) is 5.80. The fourth-order valence-electron chi connectivity index (χ4n) is 1.34. The van der Waals surface area contributed by atoms with Crippen LogP contribution in [-0.4, -0.2) is 38.2 Å². The molecule has 19 heavy (non-hydrogen) atoms. The van der Waals surface area contributed by atoms with Gasteiger partial charge in [-0.3, -0.25) is 4.79 Å². The van der Waals surface area contributed by atoms with E-state index in [9.17, 15) is 13.6 Å². The molecular weight excluding hydrogens is 280 g/mol. The minimum Gasteiger partial charge on any atom is -0.434 e. The molecule has 0 atom stereocenters. The smallest absolute Gasteiger partial charge is 0.387 e. The van der Waals surface area contributed by atoms with Gasteiger partial charge in [-0.05, 0) is 12.1 Å². The third-order valence-corrected chi connectivity index (χ3v) is 2.26. The standard InChI is InChI=1S/C12H14ClF2NO3/c13-5-7-18-8-6-16-11(17)9-3-1-2-4-10(9)19-12(14)15/h1-4,12H,5-8H2,(H,16,17). The molecule has 1 amide bonds. The van der Waals surface area contributed by atoms with Gasteiger partial charge in [0.2, 0.25) is 0 Å². The molecule has 0 saturated carbocycles. The average molecular weight is 294 g/mol. The van der Waals surface area contributed by atoms with Crippen molar-refractivity contribution >= 4 is 17.5 Å². The topological polar surface area (TPSA) is 47.6 Å². The lowest BCUT2D eigenvalue weighted by molar-refractivity contribution is -0.0501. The number of benzene rings is 1. The summed E-state index contributed by atoms with van der Waals surface area (Å²) in [4.78, 5) is 11.8. The van der Waals surface area contributed by atoms with E-state index in [1.807, 2.05) is 0 Å². The summed E-state index contributed by atoms with van der Waals surface area (Å²) in [5.74, 6) is -0.277. The molecule has 0 aliphatic carbocycles. The minimum atomic E-state index is -2.97. The number of amides is 1. The van der Waals surface area contributed by atoms with Crippen molar-refractivity contribution in [2.45, 2.75) is 6.61 Å². The molecule has 0 spiro atoms. The molecule has 0 saturated heterocycles. The van der Waals surface area contributed by atoms with E-state index < -0.39 is 12.5 Å². The van der Waals surface area contributed by atoms with Crippen LogP contribution < -0.4 is 10.1 Å². The fourth-order valence-corrected chi connectivity index (χ4v) is 1.45. The van der Waals surface area contributed by atoms with Crippen LogP contribution in [0.5, 0.6) is 5.75 Å². The lowest BCUT2D eigenvalue weighted by atomic mass is 10.2. The highest BCUT2D eigenvalue weighted by Crippen LogP contribution is 2.19. The Labute approximate surface area is 114 Å². The van der Waals surface area contributed by atoms with Crippen LogP contribution in [0.15, 0.2) is 24.3 Å². The fraction of sp³-hybridized carbons (Fsp3) is 0.417. The third-order valence-electron chi connectivity index (χ3n) is 2.10. The van der Waals surface area contributed by atoms with E-state index in [1.165, 1.54) is 18.2 Å². The van der Waals surface area contributed by atoms with Crippen LogP contribution in [0.1, 0.15) is 10.4 Å². The van der Waals surface area contributed by atoms with Gasteiger partial charge in [0.1, 0.15) is 5.75 Å². The van der Waals surface area contributed by atoms with Crippen molar-refractivity contribution in [2.24, 2.45) is 0 Å². The van der Waals surface area contributed by atoms with Crippen LogP contribution in [0.3, 0.4) is 0 Å². The molecule has 1 N–H and O–H groups in total. The lowest BCUT2D eigenvalue weighted by Crippen LogP contribution is -2.28. The number of nitrogens with one attached hydrogen (secondary N) is 1. The number of hydrogen-bond acceptors (Lipinski definition) is 3. The number of halogens is 3. The SMILES string of the molecule is O=C(NCCOCCCl)c1ccccc1OC(F)F. The van der Waals surface area contributed by atoms with E-state index >= 15 is 0 Å². The molecule has 0 heterocycles. The number of carbonyl (C=O) groups excluding carboxylic acids is 1. The van der Waals surface area contributed by atoms with Gasteiger partial charge < -0.3 is 14.8 Å². The normalized spacial score (nSPS) is 10.5. The molecule has 1 aromatic rings. The molecule has 0 aromatic heterocycles.